The van der Waals surface area contributed by atoms with Gasteiger partial charge in [-0.2, -0.15) is 0 Å². The summed E-state index contributed by atoms with van der Waals surface area (Å²) in [6.07, 6.45) is 1.77. The lowest BCUT2D eigenvalue weighted by Crippen LogP contribution is -2.52. The number of benzene rings is 3. The molecule has 3 aromatic carbocycles. The second kappa shape index (κ2) is 10.6. The van der Waals surface area contributed by atoms with Crippen molar-refractivity contribution < 1.29 is 26.4 Å². The van der Waals surface area contributed by atoms with Gasteiger partial charge in [-0.1, -0.05) is 54.1 Å². The summed E-state index contributed by atoms with van der Waals surface area (Å²) < 4.78 is 64.9. The molecule has 3 atom stereocenters. The molecule has 204 valence electrons. The topological polar surface area (TPSA) is 112 Å². The Morgan fingerprint density at radius 3 is 2.31 bits per heavy atom. The van der Waals surface area contributed by atoms with Crippen molar-refractivity contribution in [2.75, 3.05) is 6.61 Å². The van der Waals surface area contributed by atoms with Gasteiger partial charge in [0.2, 0.25) is 10.0 Å². The summed E-state index contributed by atoms with van der Waals surface area (Å²) in [4.78, 5) is 12.5. The molecule has 0 saturated carbocycles. The Bertz CT molecular complexity index is 1710. The molecule has 1 fully saturated rings. The molecule has 39 heavy (non-hydrogen) atoms. The van der Waals surface area contributed by atoms with Crippen LogP contribution in [0.1, 0.15) is 17.5 Å². The Hall–Kier alpha value is -3.47. The van der Waals surface area contributed by atoms with E-state index in [9.17, 15) is 21.6 Å². The molecule has 0 aliphatic carbocycles. The number of aromatic nitrogens is 1. The van der Waals surface area contributed by atoms with E-state index in [0.717, 1.165) is 22.0 Å². The maximum atomic E-state index is 13.8. The highest BCUT2D eigenvalue weighted by Gasteiger charge is 2.45. The third kappa shape index (κ3) is 5.50. The fraction of sp³-hybridized carbons (Fsp3) is 0.276. The molecule has 0 unspecified atom stereocenters. The van der Waals surface area contributed by atoms with E-state index < -0.39 is 43.0 Å². The number of carbonyl (C=O) groups excluding carboxylic acids is 1. The summed E-state index contributed by atoms with van der Waals surface area (Å²) in [7, 11) is -6.11. The molecule has 1 aliphatic rings. The Morgan fingerprint density at radius 1 is 0.923 bits per heavy atom. The van der Waals surface area contributed by atoms with Crippen LogP contribution in [-0.4, -0.2) is 45.3 Å². The van der Waals surface area contributed by atoms with Gasteiger partial charge in [-0.05, 0) is 49.2 Å². The molecule has 0 radical (unpaired) electrons. The fourth-order valence-corrected chi connectivity index (χ4v) is 8.52. The van der Waals surface area contributed by atoms with Crippen molar-refractivity contribution in [3.8, 4) is 0 Å². The summed E-state index contributed by atoms with van der Waals surface area (Å²) in [5, 5.41) is -0.225. The van der Waals surface area contributed by atoms with Crippen molar-refractivity contribution >= 4 is 36.7 Å². The van der Waals surface area contributed by atoms with Gasteiger partial charge in [0.25, 0.3) is 0 Å². The molecule has 1 aromatic heterocycles. The Balaban J connectivity index is 1.59. The van der Waals surface area contributed by atoms with Gasteiger partial charge < -0.3 is 9.30 Å². The largest absolute Gasteiger partial charge is 0.465 e. The van der Waals surface area contributed by atoms with E-state index in [1.807, 2.05) is 49.0 Å². The summed E-state index contributed by atoms with van der Waals surface area (Å²) >= 11 is 0. The Kier molecular flexibility index (Phi) is 7.37. The molecular formula is C29H30N2O6S2. The minimum Gasteiger partial charge on any atom is -0.465 e. The molecule has 1 aliphatic heterocycles. The predicted molar refractivity (Wildman–Crippen MR) is 148 cm³/mol. The number of cyclic esters (lactones) is 1. The lowest BCUT2D eigenvalue weighted by molar-refractivity contribution is -0.149. The van der Waals surface area contributed by atoms with E-state index in [1.165, 1.54) is 24.3 Å². The second-order valence-electron chi connectivity index (χ2n) is 9.97. The van der Waals surface area contributed by atoms with Gasteiger partial charge in [0.05, 0.1) is 28.1 Å². The van der Waals surface area contributed by atoms with Crippen LogP contribution in [0.2, 0.25) is 0 Å². The predicted octanol–water partition coefficient (Wildman–Crippen LogP) is 3.78. The molecule has 8 nitrogen and oxygen atoms in total. The molecule has 1 N–H and O–H groups in total. The van der Waals surface area contributed by atoms with Crippen molar-refractivity contribution in [3.63, 3.8) is 0 Å². The zero-order chi connectivity index (χ0) is 27.8. The molecular weight excluding hydrogens is 536 g/mol. The van der Waals surface area contributed by atoms with Gasteiger partial charge in [0.1, 0.15) is 0 Å². The number of fused-ring (bicyclic) bond motifs is 1. The third-order valence-corrected chi connectivity index (χ3v) is 11.1. The van der Waals surface area contributed by atoms with E-state index >= 15 is 0 Å². The second-order valence-corrected chi connectivity index (χ2v) is 13.9. The molecule has 0 spiro atoms. The number of aryl methyl sites for hydroxylation is 2. The van der Waals surface area contributed by atoms with E-state index in [0.29, 0.717) is 0 Å². The van der Waals surface area contributed by atoms with Crippen LogP contribution in [0.3, 0.4) is 0 Å². The van der Waals surface area contributed by atoms with E-state index in [-0.39, 0.29) is 29.2 Å². The highest BCUT2D eigenvalue weighted by atomic mass is 32.2. The first-order valence-corrected chi connectivity index (χ1v) is 15.7. The smallest absolute Gasteiger partial charge is 0.307 e. The number of esters is 1. The van der Waals surface area contributed by atoms with Crippen LogP contribution in [0, 0.1) is 12.8 Å². The average molecular weight is 567 g/mol. The van der Waals surface area contributed by atoms with Crippen molar-refractivity contribution in [3.05, 3.63) is 96.2 Å². The average Bonchev–Trinajstić information content (AvgIpc) is 3.24. The lowest BCUT2D eigenvalue weighted by Gasteiger charge is -2.36. The maximum absolute atomic E-state index is 13.8. The fourth-order valence-electron chi connectivity index (χ4n) is 5.26. The van der Waals surface area contributed by atoms with Crippen LogP contribution in [0.4, 0.5) is 0 Å². The summed E-state index contributed by atoms with van der Waals surface area (Å²) in [6, 6.07) is 21.3. The van der Waals surface area contributed by atoms with Crippen LogP contribution in [-0.2, 0) is 42.9 Å². The molecule has 4 aromatic rings. The van der Waals surface area contributed by atoms with Crippen LogP contribution in [0.25, 0.3) is 10.9 Å². The van der Waals surface area contributed by atoms with Crippen molar-refractivity contribution in [2.24, 2.45) is 13.0 Å². The van der Waals surface area contributed by atoms with Gasteiger partial charge >= 0.3 is 5.97 Å². The highest BCUT2D eigenvalue weighted by molar-refractivity contribution is 7.92. The van der Waals surface area contributed by atoms with E-state index in [2.05, 4.69) is 4.72 Å². The van der Waals surface area contributed by atoms with Gasteiger partial charge in [-0.3, -0.25) is 4.79 Å². The quantitative estimate of drug-likeness (QED) is 0.325. The summed E-state index contributed by atoms with van der Waals surface area (Å²) in [6.45, 7) is 1.64. The first-order chi connectivity index (χ1) is 18.6. The first kappa shape index (κ1) is 27.1. The van der Waals surface area contributed by atoms with Gasteiger partial charge in [-0.25, -0.2) is 21.6 Å². The molecule has 5 rings (SSSR count). The minimum absolute atomic E-state index is 0.0753. The van der Waals surface area contributed by atoms with E-state index in [1.54, 1.807) is 30.3 Å². The number of rotatable bonds is 8. The number of hydrogen-bond donors (Lipinski definition) is 1. The minimum atomic E-state index is -4.03. The summed E-state index contributed by atoms with van der Waals surface area (Å²) in [5.74, 6) is -1.45. The zero-order valence-electron chi connectivity index (χ0n) is 21.6. The van der Waals surface area contributed by atoms with E-state index in [4.69, 9.17) is 4.74 Å². The number of ether oxygens (including phenoxy) is 1. The number of nitrogens with one attached hydrogen (secondary N) is 1. The van der Waals surface area contributed by atoms with Gasteiger partial charge in [-0.15, -0.1) is 0 Å². The van der Waals surface area contributed by atoms with Crippen LogP contribution in [0.5, 0.6) is 0 Å². The number of hydrogen-bond acceptors (Lipinski definition) is 6. The van der Waals surface area contributed by atoms with Crippen molar-refractivity contribution in [1.29, 1.82) is 0 Å². The third-order valence-electron chi connectivity index (χ3n) is 7.33. The number of para-hydroxylation sites is 1. The standard InChI is InChI=1S/C29H30N2O6S2/c1-20-12-14-23(15-13-20)39(35,36)30-26(16-21-18-31(2)27-11-7-6-10-24(21)27)25-19-37-29(32)17-28(25)38(33,34)22-8-4-3-5-9-22/h3-15,18,25-26,28,30H,16-17,19H2,1-2H3/t25-,26-,28-/m0/s1. The Morgan fingerprint density at radius 2 is 1.59 bits per heavy atom. The molecule has 0 amide bonds. The van der Waals surface area contributed by atoms with Crippen LogP contribution >= 0.6 is 0 Å². The number of sulfonamides is 1. The Labute approximate surface area is 228 Å². The SMILES string of the molecule is Cc1ccc(S(=O)(=O)N[C@@H](Cc2cn(C)c3ccccc23)[C@@H]2COC(=O)C[C@@H]2S(=O)(=O)c2ccccc2)cc1. The number of carbonyl (C=O) groups is 1. The molecule has 10 heteroatoms. The van der Waals surface area contributed by atoms with Gasteiger partial charge in [0, 0.05) is 36.1 Å². The zero-order valence-corrected chi connectivity index (χ0v) is 23.3. The number of nitrogens with zero attached hydrogens (tertiary/aromatic N) is 1. The maximum Gasteiger partial charge on any atom is 0.307 e. The highest BCUT2D eigenvalue weighted by Crippen LogP contribution is 2.33. The van der Waals surface area contributed by atoms with Crippen molar-refractivity contribution in [1.82, 2.24) is 9.29 Å². The first-order valence-electron chi connectivity index (χ1n) is 12.6. The normalized spacial score (nSPS) is 19.1. The van der Waals surface area contributed by atoms with Gasteiger partial charge in [0.15, 0.2) is 9.84 Å². The molecule has 2 heterocycles. The summed E-state index contributed by atoms with van der Waals surface area (Å²) in [5.41, 5.74) is 2.74. The van der Waals surface area contributed by atoms with Crippen molar-refractivity contribution in [2.45, 2.75) is 40.8 Å². The molecule has 0 bridgehead atoms. The van der Waals surface area contributed by atoms with Crippen LogP contribution in [0.15, 0.2) is 94.9 Å². The van der Waals surface area contributed by atoms with Crippen LogP contribution < -0.4 is 4.72 Å². The monoisotopic (exact) mass is 566 g/mol. The number of sulfone groups is 1. The molecule has 1 saturated heterocycles. The lowest BCUT2D eigenvalue weighted by atomic mass is 9.89.